The Bertz CT molecular complexity index is 896. The topological polar surface area (TPSA) is 93.3 Å². The van der Waals surface area contributed by atoms with Gasteiger partial charge in [-0.3, -0.25) is 15.5 Å². The van der Waals surface area contributed by atoms with Gasteiger partial charge in [-0.2, -0.15) is 5.10 Å². The number of halogens is 1. The molecule has 3 rings (SSSR count). The Balaban J connectivity index is 1.77. The van der Waals surface area contributed by atoms with Crippen LogP contribution < -0.4 is 5.43 Å². The molecule has 0 aliphatic heterocycles. The van der Waals surface area contributed by atoms with Crippen molar-refractivity contribution in [3.63, 3.8) is 0 Å². The van der Waals surface area contributed by atoms with Gasteiger partial charge in [-0.1, -0.05) is 23.7 Å². The van der Waals surface area contributed by atoms with Gasteiger partial charge in [0.25, 0.3) is 5.69 Å². The number of nitrogens with zero attached hydrogens (tertiary/aromatic N) is 4. The molecule has 0 saturated carbocycles. The molecular formula is C15H10ClN5O2. The Kier molecular flexibility index (Phi) is 4.11. The summed E-state index contributed by atoms with van der Waals surface area (Å²) in [5.41, 5.74) is 5.23. The fourth-order valence-electron chi connectivity index (χ4n) is 1.90. The van der Waals surface area contributed by atoms with E-state index in [1.165, 1.54) is 18.3 Å². The molecule has 0 saturated heterocycles. The van der Waals surface area contributed by atoms with Gasteiger partial charge in [0.15, 0.2) is 5.15 Å². The zero-order valence-corrected chi connectivity index (χ0v) is 12.4. The van der Waals surface area contributed by atoms with Crippen molar-refractivity contribution in [2.24, 2.45) is 5.10 Å². The highest BCUT2D eigenvalue weighted by Crippen LogP contribution is 2.17. The van der Waals surface area contributed by atoms with Crippen molar-refractivity contribution in [1.82, 2.24) is 9.97 Å². The number of anilines is 1. The van der Waals surface area contributed by atoms with Gasteiger partial charge in [-0.05, 0) is 24.3 Å². The largest absolute Gasteiger partial charge is 0.278 e. The van der Waals surface area contributed by atoms with E-state index in [2.05, 4.69) is 20.5 Å². The molecular weight excluding hydrogens is 318 g/mol. The van der Waals surface area contributed by atoms with Crippen LogP contribution in [0.3, 0.4) is 0 Å². The highest BCUT2D eigenvalue weighted by molar-refractivity contribution is 6.32. The minimum atomic E-state index is -0.461. The minimum Gasteiger partial charge on any atom is -0.278 e. The fraction of sp³-hybridized carbons (Fsp3) is 0. The predicted molar refractivity (Wildman–Crippen MR) is 88.9 cm³/mol. The summed E-state index contributed by atoms with van der Waals surface area (Å²) in [6.07, 6.45) is 1.45. The SMILES string of the molecule is O=[N+]([O-])c1ccc(NN=Cc2nc3ccccc3nc2Cl)cc1. The Labute approximate surface area is 135 Å². The molecule has 0 unspecified atom stereocenters. The first-order valence-corrected chi connectivity index (χ1v) is 6.97. The molecule has 0 aliphatic carbocycles. The average Bonchev–Trinajstić information content (AvgIpc) is 2.56. The number of para-hydroxylation sites is 2. The summed E-state index contributed by atoms with van der Waals surface area (Å²) >= 11 is 6.07. The van der Waals surface area contributed by atoms with E-state index in [0.717, 1.165) is 0 Å². The first-order chi connectivity index (χ1) is 11.1. The molecule has 114 valence electrons. The van der Waals surface area contributed by atoms with Crippen molar-refractivity contribution in [1.29, 1.82) is 0 Å². The highest BCUT2D eigenvalue weighted by atomic mass is 35.5. The maximum atomic E-state index is 10.6. The van der Waals surface area contributed by atoms with Gasteiger partial charge in [0.1, 0.15) is 5.69 Å². The molecule has 0 spiro atoms. The van der Waals surface area contributed by atoms with Gasteiger partial charge in [0.2, 0.25) is 0 Å². The second-order valence-electron chi connectivity index (χ2n) is 4.56. The quantitative estimate of drug-likeness (QED) is 0.448. The zero-order chi connectivity index (χ0) is 16.2. The van der Waals surface area contributed by atoms with Gasteiger partial charge in [0, 0.05) is 12.1 Å². The fourth-order valence-corrected chi connectivity index (χ4v) is 2.08. The van der Waals surface area contributed by atoms with E-state index in [1.807, 2.05) is 24.3 Å². The van der Waals surface area contributed by atoms with Crippen molar-refractivity contribution >= 4 is 40.2 Å². The molecule has 8 heteroatoms. The Morgan fingerprint density at radius 3 is 2.39 bits per heavy atom. The third-order valence-electron chi connectivity index (χ3n) is 3.01. The molecule has 1 N–H and O–H groups in total. The predicted octanol–water partition coefficient (Wildman–Crippen LogP) is 3.64. The van der Waals surface area contributed by atoms with E-state index < -0.39 is 4.92 Å². The van der Waals surface area contributed by atoms with Gasteiger partial charge in [-0.25, -0.2) is 9.97 Å². The summed E-state index contributed by atoms with van der Waals surface area (Å²) in [6, 6.07) is 13.3. The van der Waals surface area contributed by atoms with Crippen LogP contribution in [-0.4, -0.2) is 21.1 Å². The molecule has 0 fully saturated rings. The molecule has 0 bridgehead atoms. The van der Waals surface area contributed by atoms with Crippen molar-refractivity contribution in [2.45, 2.75) is 0 Å². The van der Waals surface area contributed by atoms with E-state index in [9.17, 15) is 10.1 Å². The summed E-state index contributed by atoms with van der Waals surface area (Å²) in [6.45, 7) is 0. The summed E-state index contributed by atoms with van der Waals surface area (Å²) in [4.78, 5) is 18.7. The van der Waals surface area contributed by atoms with E-state index in [1.54, 1.807) is 12.1 Å². The van der Waals surface area contributed by atoms with Crippen LogP contribution in [-0.2, 0) is 0 Å². The summed E-state index contributed by atoms with van der Waals surface area (Å²) < 4.78 is 0. The van der Waals surface area contributed by atoms with Crippen LogP contribution >= 0.6 is 11.6 Å². The molecule has 7 nitrogen and oxygen atoms in total. The lowest BCUT2D eigenvalue weighted by molar-refractivity contribution is -0.384. The van der Waals surface area contributed by atoms with Crippen LogP contribution in [0.1, 0.15) is 5.69 Å². The molecule has 2 aromatic carbocycles. The highest BCUT2D eigenvalue weighted by Gasteiger charge is 2.05. The zero-order valence-electron chi connectivity index (χ0n) is 11.7. The molecule has 1 aromatic heterocycles. The number of nitro benzene ring substituents is 1. The molecule has 0 radical (unpaired) electrons. The molecule has 23 heavy (non-hydrogen) atoms. The van der Waals surface area contributed by atoms with E-state index in [0.29, 0.717) is 22.4 Å². The van der Waals surface area contributed by atoms with Crippen molar-refractivity contribution in [3.05, 3.63) is 69.5 Å². The standard InChI is InChI=1S/C15H10ClN5O2/c16-15-14(18-12-3-1-2-4-13(12)19-15)9-17-20-10-5-7-11(8-6-10)21(22)23/h1-9,20H. The Morgan fingerprint density at radius 1 is 1.09 bits per heavy atom. The monoisotopic (exact) mass is 327 g/mol. The molecule has 1 heterocycles. The maximum Gasteiger partial charge on any atom is 0.269 e. The van der Waals surface area contributed by atoms with Crippen LogP contribution in [0.4, 0.5) is 11.4 Å². The lowest BCUT2D eigenvalue weighted by Crippen LogP contribution is -1.97. The van der Waals surface area contributed by atoms with E-state index in [-0.39, 0.29) is 10.8 Å². The van der Waals surface area contributed by atoms with Crippen molar-refractivity contribution < 1.29 is 4.92 Å². The van der Waals surface area contributed by atoms with Gasteiger partial charge >= 0.3 is 0 Å². The molecule has 0 amide bonds. The van der Waals surface area contributed by atoms with Crippen molar-refractivity contribution in [3.8, 4) is 0 Å². The Morgan fingerprint density at radius 2 is 1.74 bits per heavy atom. The lowest BCUT2D eigenvalue weighted by Gasteiger charge is -2.02. The third-order valence-corrected chi connectivity index (χ3v) is 3.29. The number of hydrogen-bond acceptors (Lipinski definition) is 6. The second-order valence-corrected chi connectivity index (χ2v) is 4.92. The van der Waals surface area contributed by atoms with Crippen molar-refractivity contribution in [2.75, 3.05) is 5.43 Å². The van der Waals surface area contributed by atoms with Gasteiger partial charge < -0.3 is 0 Å². The lowest BCUT2D eigenvalue weighted by atomic mass is 10.3. The normalized spacial score (nSPS) is 11.0. The second kappa shape index (κ2) is 6.37. The van der Waals surface area contributed by atoms with Crippen LogP contribution in [0.15, 0.2) is 53.6 Å². The third kappa shape index (κ3) is 3.41. The van der Waals surface area contributed by atoms with E-state index in [4.69, 9.17) is 11.6 Å². The summed E-state index contributed by atoms with van der Waals surface area (Å²) in [5, 5.41) is 14.9. The van der Waals surface area contributed by atoms with Crippen LogP contribution in [0.25, 0.3) is 11.0 Å². The number of nitrogens with one attached hydrogen (secondary N) is 1. The first-order valence-electron chi connectivity index (χ1n) is 6.59. The summed E-state index contributed by atoms with van der Waals surface area (Å²) in [5.74, 6) is 0. The van der Waals surface area contributed by atoms with Gasteiger partial charge in [-0.15, -0.1) is 0 Å². The number of non-ortho nitro benzene ring substituents is 1. The number of hydrazone groups is 1. The minimum absolute atomic E-state index is 0.0166. The number of hydrogen-bond donors (Lipinski definition) is 1. The van der Waals surface area contributed by atoms with Crippen LogP contribution in [0.2, 0.25) is 5.15 Å². The smallest absolute Gasteiger partial charge is 0.269 e. The van der Waals surface area contributed by atoms with E-state index >= 15 is 0 Å². The number of aromatic nitrogens is 2. The van der Waals surface area contributed by atoms with Crippen LogP contribution in [0, 0.1) is 10.1 Å². The molecule has 0 atom stereocenters. The first kappa shape index (κ1) is 14.9. The maximum absolute atomic E-state index is 10.6. The van der Waals surface area contributed by atoms with Crippen LogP contribution in [0.5, 0.6) is 0 Å². The summed E-state index contributed by atoms with van der Waals surface area (Å²) in [7, 11) is 0. The average molecular weight is 328 g/mol. The number of nitro groups is 1. The number of benzene rings is 2. The number of fused-ring (bicyclic) bond motifs is 1. The molecule has 0 aliphatic rings. The number of rotatable bonds is 4. The molecule has 3 aromatic rings. The Hall–Kier alpha value is -3.06. The van der Waals surface area contributed by atoms with Gasteiger partial charge in [0.05, 0.1) is 27.9 Å².